The molecule has 2 heterocycles. The van der Waals surface area contributed by atoms with Gasteiger partial charge in [-0.2, -0.15) is 5.10 Å². The van der Waals surface area contributed by atoms with Gasteiger partial charge in [-0.25, -0.2) is 8.42 Å². The fourth-order valence-corrected chi connectivity index (χ4v) is 3.60. The van der Waals surface area contributed by atoms with E-state index in [0.717, 1.165) is 0 Å². The minimum atomic E-state index is -3.15. The minimum Gasteiger partial charge on any atom is -0.390 e. The van der Waals surface area contributed by atoms with Gasteiger partial charge in [0.05, 0.1) is 34.4 Å². The van der Waals surface area contributed by atoms with Crippen LogP contribution in [0.5, 0.6) is 0 Å². The molecular weight excluding hydrogens is 240 g/mol. The maximum Gasteiger partial charge on any atom is 0.155 e. The van der Waals surface area contributed by atoms with Gasteiger partial charge in [0.2, 0.25) is 0 Å². The van der Waals surface area contributed by atoms with E-state index in [4.69, 9.17) is 11.6 Å². The summed E-state index contributed by atoms with van der Waals surface area (Å²) in [5.41, 5.74) is 0.633. The number of aliphatic hydroxyl groups excluding tert-OH is 1. The van der Waals surface area contributed by atoms with Crippen molar-refractivity contribution in [3.05, 3.63) is 16.9 Å². The Bertz CT molecular complexity index is 463. The molecule has 1 saturated heterocycles. The lowest BCUT2D eigenvalue weighted by molar-refractivity contribution is 0.146. The zero-order chi connectivity index (χ0) is 11.2. The Labute approximate surface area is 92.6 Å². The number of aromatic nitrogens is 2. The van der Waals surface area contributed by atoms with E-state index >= 15 is 0 Å². The van der Waals surface area contributed by atoms with Gasteiger partial charge in [-0.3, -0.25) is 4.68 Å². The molecule has 0 radical (unpaired) electrons. The van der Waals surface area contributed by atoms with Crippen molar-refractivity contribution in [2.75, 3.05) is 11.5 Å². The topological polar surface area (TPSA) is 72.2 Å². The zero-order valence-electron chi connectivity index (χ0n) is 8.09. The molecule has 0 aromatic carbocycles. The summed E-state index contributed by atoms with van der Waals surface area (Å²) < 4.78 is 24.0. The average Bonchev–Trinajstić information content (AvgIpc) is 2.54. The van der Waals surface area contributed by atoms with Gasteiger partial charge in [0.15, 0.2) is 9.84 Å². The quantitative estimate of drug-likeness (QED) is 0.772. The largest absolute Gasteiger partial charge is 0.390 e. The van der Waals surface area contributed by atoms with Gasteiger partial charge in [-0.05, 0) is 6.92 Å². The van der Waals surface area contributed by atoms with Crippen molar-refractivity contribution >= 4 is 21.4 Å². The lowest BCUT2D eigenvalue weighted by atomic mass is 10.2. The van der Waals surface area contributed by atoms with Crippen LogP contribution < -0.4 is 0 Å². The Balaban J connectivity index is 2.33. The maximum atomic E-state index is 11.3. The summed E-state index contributed by atoms with van der Waals surface area (Å²) in [5, 5.41) is 14.1. The molecular formula is C8H11ClN2O3S. The predicted octanol–water partition coefficient (Wildman–Crippen LogP) is 0.175. The van der Waals surface area contributed by atoms with E-state index in [0.29, 0.717) is 10.7 Å². The Morgan fingerprint density at radius 3 is 2.67 bits per heavy atom. The third-order valence-electron chi connectivity index (χ3n) is 2.49. The predicted molar refractivity (Wildman–Crippen MR) is 55.7 cm³/mol. The number of hydrogen-bond donors (Lipinski definition) is 1. The van der Waals surface area contributed by atoms with Crippen molar-refractivity contribution in [2.24, 2.45) is 0 Å². The fourth-order valence-electron chi connectivity index (χ4n) is 1.69. The summed E-state index contributed by atoms with van der Waals surface area (Å²) >= 11 is 5.81. The van der Waals surface area contributed by atoms with Crippen molar-refractivity contribution in [2.45, 2.75) is 19.1 Å². The third-order valence-corrected chi connectivity index (χ3v) is 4.56. The number of rotatable bonds is 1. The van der Waals surface area contributed by atoms with Crippen LogP contribution in [0.15, 0.2) is 6.20 Å². The number of aliphatic hydroxyl groups is 1. The summed E-state index contributed by atoms with van der Waals surface area (Å²) in [5.74, 6) is -0.278. The number of hydrogen-bond acceptors (Lipinski definition) is 4. The maximum absolute atomic E-state index is 11.3. The second-order valence-corrected chi connectivity index (χ2v) is 6.32. The van der Waals surface area contributed by atoms with Crippen LogP contribution in [0, 0.1) is 6.92 Å². The standard InChI is InChI=1S/C8H11ClN2O3S/c1-5-6(9)2-11(10-5)7-3-15(13,14)4-8(7)12/h2,7-8,12H,3-4H2,1H3. The zero-order valence-corrected chi connectivity index (χ0v) is 9.66. The fraction of sp³-hybridized carbons (Fsp3) is 0.625. The first-order valence-corrected chi connectivity index (χ1v) is 6.69. The molecule has 0 aliphatic carbocycles. The van der Waals surface area contributed by atoms with Gasteiger partial charge in [-0.15, -0.1) is 0 Å². The van der Waals surface area contributed by atoms with Gasteiger partial charge in [-0.1, -0.05) is 11.6 Å². The molecule has 0 saturated carbocycles. The van der Waals surface area contributed by atoms with Crippen molar-refractivity contribution in [3.63, 3.8) is 0 Å². The van der Waals surface area contributed by atoms with Crippen molar-refractivity contribution in [1.29, 1.82) is 0 Å². The number of aryl methyl sites for hydroxylation is 1. The molecule has 84 valence electrons. The van der Waals surface area contributed by atoms with Crippen molar-refractivity contribution < 1.29 is 13.5 Å². The lowest BCUT2D eigenvalue weighted by Gasteiger charge is -2.12. The molecule has 7 heteroatoms. The highest BCUT2D eigenvalue weighted by Crippen LogP contribution is 2.25. The average molecular weight is 251 g/mol. The second kappa shape index (κ2) is 3.47. The molecule has 1 aromatic rings. The van der Waals surface area contributed by atoms with E-state index in [2.05, 4.69) is 5.10 Å². The summed E-state index contributed by atoms with van der Waals surface area (Å²) in [6, 6.07) is -0.513. The molecule has 1 aliphatic rings. The number of sulfone groups is 1. The van der Waals surface area contributed by atoms with Gasteiger partial charge in [0, 0.05) is 6.20 Å². The molecule has 2 rings (SSSR count). The summed E-state index contributed by atoms with van der Waals surface area (Å²) in [6.07, 6.45) is 0.649. The number of halogens is 1. The molecule has 2 atom stereocenters. The van der Waals surface area contributed by atoms with Crippen LogP contribution in [-0.4, -0.2) is 40.9 Å². The highest BCUT2D eigenvalue weighted by molar-refractivity contribution is 7.91. The van der Waals surface area contributed by atoms with Gasteiger partial charge >= 0.3 is 0 Å². The highest BCUT2D eigenvalue weighted by Gasteiger charge is 2.38. The molecule has 5 nitrogen and oxygen atoms in total. The van der Waals surface area contributed by atoms with Crippen LogP contribution in [-0.2, 0) is 9.84 Å². The molecule has 1 aromatic heterocycles. The molecule has 1 aliphatic heterocycles. The first kappa shape index (κ1) is 10.9. The lowest BCUT2D eigenvalue weighted by Crippen LogP contribution is -2.22. The first-order chi connectivity index (χ1) is 6.89. The minimum absolute atomic E-state index is 0.0778. The van der Waals surface area contributed by atoms with Crippen LogP contribution in [0.4, 0.5) is 0 Å². The Morgan fingerprint density at radius 2 is 2.27 bits per heavy atom. The molecule has 1 N–H and O–H groups in total. The summed E-state index contributed by atoms with van der Waals surface area (Å²) in [4.78, 5) is 0. The summed E-state index contributed by atoms with van der Waals surface area (Å²) in [7, 11) is -3.15. The molecule has 15 heavy (non-hydrogen) atoms. The van der Waals surface area contributed by atoms with Gasteiger partial charge in [0.1, 0.15) is 0 Å². The van der Waals surface area contributed by atoms with Crippen LogP contribution in [0.3, 0.4) is 0 Å². The van der Waals surface area contributed by atoms with E-state index in [-0.39, 0.29) is 11.5 Å². The van der Waals surface area contributed by atoms with Gasteiger partial charge < -0.3 is 5.11 Å². The molecule has 0 spiro atoms. The second-order valence-electron chi connectivity index (χ2n) is 3.75. The van der Waals surface area contributed by atoms with E-state index in [1.807, 2.05) is 0 Å². The van der Waals surface area contributed by atoms with Crippen molar-refractivity contribution in [3.8, 4) is 0 Å². The third kappa shape index (κ3) is 2.02. The Morgan fingerprint density at radius 1 is 1.60 bits per heavy atom. The van der Waals surface area contributed by atoms with Gasteiger partial charge in [0.25, 0.3) is 0 Å². The first-order valence-electron chi connectivity index (χ1n) is 4.49. The molecule has 0 bridgehead atoms. The normalized spacial score (nSPS) is 29.5. The van der Waals surface area contributed by atoms with Crippen LogP contribution in [0.25, 0.3) is 0 Å². The van der Waals surface area contributed by atoms with Crippen LogP contribution >= 0.6 is 11.6 Å². The molecule has 2 unspecified atom stereocenters. The van der Waals surface area contributed by atoms with E-state index in [1.54, 1.807) is 13.1 Å². The Hall–Kier alpha value is -0.590. The van der Waals surface area contributed by atoms with E-state index in [1.165, 1.54) is 4.68 Å². The van der Waals surface area contributed by atoms with E-state index < -0.39 is 22.0 Å². The Kier molecular flexibility index (Phi) is 2.52. The van der Waals surface area contributed by atoms with Crippen LogP contribution in [0.2, 0.25) is 5.02 Å². The van der Waals surface area contributed by atoms with Crippen molar-refractivity contribution in [1.82, 2.24) is 9.78 Å². The molecule has 0 amide bonds. The smallest absolute Gasteiger partial charge is 0.155 e. The monoisotopic (exact) mass is 250 g/mol. The summed E-state index contributed by atoms with van der Waals surface area (Å²) in [6.45, 7) is 1.73. The molecule has 1 fully saturated rings. The van der Waals surface area contributed by atoms with E-state index in [9.17, 15) is 13.5 Å². The van der Waals surface area contributed by atoms with Crippen LogP contribution in [0.1, 0.15) is 11.7 Å². The SMILES string of the molecule is Cc1nn(C2CS(=O)(=O)CC2O)cc1Cl. The number of nitrogens with zero attached hydrogens (tertiary/aromatic N) is 2. The highest BCUT2D eigenvalue weighted by atomic mass is 35.5.